The van der Waals surface area contributed by atoms with Crippen LogP contribution < -0.4 is 10.2 Å². The summed E-state index contributed by atoms with van der Waals surface area (Å²) in [5.41, 5.74) is 1.43. The van der Waals surface area contributed by atoms with Gasteiger partial charge in [-0.15, -0.1) is 5.10 Å². The molecule has 0 aliphatic heterocycles. The van der Waals surface area contributed by atoms with E-state index in [1.165, 1.54) is 32.3 Å². The highest BCUT2D eigenvalue weighted by Gasteiger charge is 2.21. The van der Waals surface area contributed by atoms with Crippen LogP contribution in [-0.4, -0.2) is 54.0 Å². The van der Waals surface area contributed by atoms with Crippen LogP contribution in [0, 0.1) is 0 Å². The largest absolute Gasteiger partial charge is 0.382 e. The SMILES string of the molecule is C[C@@H](On1nnc2ccc(S(=O)(=O)N(C)C)cc21)C(=O)Nc1ccccc1. The number of hydrogen-bond donors (Lipinski definition) is 1. The maximum absolute atomic E-state index is 12.3. The molecule has 1 aromatic heterocycles. The Kier molecular flexibility index (Phi) is 5.10. The third-order valence-electron chi connectivity index (χ3n) is 3.83. The second kappa shape index (κ2) is 7.33. The number of sulfonamides is 1. The molecule has 3 aromatic rings. The quantitative estimate of drug-likeness (QED) is 0.678. The molecule has 0 saturated carbocycles. The van der Waals surface area contributed by atoms with Crippen LogP contribution >= 0.6 is 0 Å². The molecular weight excluding hydrogens is 370 g/mol. The van der Waals surface area contributed by atoms with Gasteiger partial charge in [0.25, 0.3) is 5.91 Å². The third-order valence-corrected chi connectivity index (χ3v) is 5.64. The molecule has 0 aliphatic rings. The number of anilines is 1. The highest BCUT2D eigenvalue weighted by atomic mass is 32.2. The first-order valence-electron chi connectivity index (χ1n) is 8.10. The Morgan fingerprint density at radius 3 is 2.56 bits per heavy atom. The first-order chi connectivity index (χ1) is 12.8. The van der Waals surface area contributed by atoms with E-state index in [0.29, 0.717) is 16.7 Å². The van der Waals surface area contributed by atoms with Crippen molar-refractivity contribution in [1.82, 2.24) is 19.5 Å². The van der Waals surface area contributed by atoms with Crippen molar-refractivity contribution in [3.63, 3.8) is 0 Å². The number of hydrogen-bond acceptors (Lipinski definition) is 6. The molecule has 0 fully saturated rings. The van der Waals surface area contributed by atoms with Crippen LogP contribution in [0.4, 0.5) is 5.69 Å². The van der Waals surface area contributed by atoms with E-state index in [-0.39, 0.29) is 10.8 Å². The van der Waals surface area contributed by atoms with Crippen molar-refractivity contribution in [2.24, 2.45) is 0 Å². The molecule has 0 saturated heterocycles. The van der Waals surface area contributed by atoms with E-state index in [1.54, 1.807) is 31.2 Å². The first kappa shape index (κ1) is 18.8. The summed E-state index contributed by atoms with van der Waals surface area (Å²) in [5, 5.41) is 10.5. The van der Waals surface area contributed by atoms with Gasteiger partial charge in [-0.05, 0) is 42.5 Å². The molecule has 2 aromatic carbocycles. The number of nitrogens with zero attached hydrogens (tertiary/aromatic N) is 4. The van der Waals surface area contributed by atoms with Crippen LogP contribution in [0.25, 0.3) is 11.0 Å². The maximum Gasteiger partial charge on any atom is 0.267 e. The lowest BCUT2D eigenvalue weighted by Gasteiger charge is -2.14. The molecule has 27 heavy (non-hydrogen) atoms. The lowest BCUT2D eigenvalue weighted by molar-refractivity contribution is -0.127. The van der Waals surface area contributed by atoms with Crippen molar-refractivity contribution >= 4 is 32.7 Å². The van der Waals surface area contributed by atoms with Gasteiger partial charge in [0.1, 0.15) is 11.0 Å². The van der Waals surface area contributed by atoms with E-state index in [1.807, 2.05) is 6.07 Å². The second-order valence-electron chi connectivity index (χ2n) is 6.00. The molecule has 10 heteroatoms. The number of carbonyl (C=O) groups is 1. The van der Waals surface area contributed by atoms with Crippen molar-refractivity contribution in [2.45, 2.75) is 17.9 Å². The summed E-state index contributed by atoms with van der Waals surface area (Å²) in [5.74, 6) is -0.373. The molecule has 0 spiro atoms. The van der Waals surface area contributed by atoms with Gasteiger partial charge in [-0.25, -0.2) is 12.7 Å². The molecule has 1 N–H and O–H groups in total. The van der Waals surface area contributed by atoms with Crippen LogP contribution in [0.1, 0.15) is 6.92 Å². The molecule has 0 unspecified atom stereocenters. The van der Waals surface area contributed by atoms with Crippen LogP contribution in [0.5, 0.6) is 0 Å². The van der Waals surface area contributed by atoms with Gasteiger partial charge in [0.15, 0.2) is 0 Å². The minimum absolute atomic E-state index is 0.0774. The zero-order valence-electron chi connectivity index (χ0n) is 15.0. The van der Waals surface area contributed by atoms with Gasteiger partial charge in [-0.1, -0.05) is 23.0 Å². The molecule has 0 aliphatic carbocycles. The molecule has 3 rings (SSSR count). The first-order valence-corrected chi connectivity index (χ1v) is 9.54. The van der Waals surface area contributed by atoms with Gasteiger partial charge in [-0.2, -0.15) is 0 Å². The Bertz CT molecular complexity index is 1060. The number of aromatic nitrogens is 3. The average molecular weight is 389 g/mol. The summed E-state index contributed by atoms with van der Waals surface area (Å²) < 4.78 is 25.7. The van der Waals surface area contributed by atoms with E-state index >= 15 is 0 Å². The zero-order chi connectivity index (χ0) is 19.6. The summed E-state index contributed by atoms with van der Waals surface area (Å²) in [6.07, 6.45) is -0.885. The number of rotatable bonds is 6. The number of nitrogens with one attached hydrogen (secondary N) is 1. The minimum atomic E-state index is -3.62. The lowest BCUT2D eigenvalue weighted by atomic mass is 10.3. The summed E-state index contributed by atoms with van der Waals surface area (Å²) >= 11 is 0. The number of para-hydroxylation sites is 1. The van der Waals surface area contributed by atoms with Crippen molar-refractivity contribution in [2.75, 3.05) is 19.4 Å². The predicted octanol–water partition coefficient (Wildman–Crippen LogP) is 1.14. The highest BCUT2D eigenvalue weighted by Crippen LogP contribution is 2.19. The van der Waals surface area contributed by atoms with Crippen molar-refractivity contribution in [1.29, 1.82) is 0 Å². The van der Waals surface area contributed by atoms with E-state index in [9.17, 15) is 13.2 Å². The number of carbonyl (C=O) groups excluding carboxylic acids is 1. The summed E-state index contributed by atoms with van der Waals surface area (Å²) in [7, 11) is -0.727. The number of amides is 1. The molecule has 1 heterocycles. The maximum atomic E-state index is 12.3. The van der Waals surface area contributed by atoms with Crippen molar-refractivity contribution < 1.29 is 18.0 Å². The molecule has 142 valence electrons. The van der Waals surface area contributed by atoms with Crippen LogP contribution in [-0.2, 0) is 14.8 Å². The Morgan fingerprint density at radius 1 is 1.19 bits per heavy atom. The van der Waals surface area contributed by atoms with Gasteiger partial charge >= 0.3 is 0 Å². The monoisotopic (exact) mass is 389 g/mol. The van der Waals surface area contributed by atoms with Crippen LogP contribution in [0.15, 0.2) is 53.4 Å². The molecule has 1 atom stereocenters. The highest BCUT2D eigenvalue weighted by molar-refractivity contribution is 7.89. The van der Waals surface area contributed by atoms with Crippen LogP contribution in [0.3, 0.4) is 0 Å². The van der Waals surface area contributed by atoms with E-state index in [0.717, 1.165) is 9.15 Å². The zero-order valence-corrected chi connectivity index (χ0v) is 15.8. The van der Waals surface area contributed by atoms with E-state index in [2.05, 4.69) is 15.6 Å². The fourth-order valence-corrected chi connectivity index (χ4v) is 3.21. The van der Waals surface area contributed by atoms with E-state index in [4.69, 9.17) is 4.84 Å². The summed E-state index contributed by atoms with van der Waals surface area (Å²) in [6, 6.07) is 13.4. The lowest BCUT2D eigenvalue weighted by Crippen LogP contribution is -2.35. The third kappa shape index (κ3) is 3.91. The number of fused-ring (bicyclic) bond motifs is 1. The standard InChI is InChI=1S/C17H19N5O4S/c1-12(17(23)18-13-7-5-4-6-8-13)26-22-16-11-14(27(24,25)21(2)3)9-10-15(16)19-20-22/h4-12H,1-3H3,(H,18,23)/t12-/m1/s1. The summed E-state index contributed by atoms with van der Waals surface area (Å²) in [6.45, 7) is 1.56. The van der Waals surface area contributed by atoms with Crippen LogP contribution in [0.2, 0.25) is 0 Å². The average Bonchev–Trinajstić information content (AvgIpc) is 3.04. The van der Waals surface area contributed by atoms with Gasteiger partial charge < -0.3 is 10.2 Å². The second-order valence-corrected chi connectivity index (χ2v) is 8.16. The minimum Gasteiger partial charge on any atom is -0.382 e. The van der Waals surface area contributed by atoms with Crippen molar-refractivity contribution in [3.05, 3.63) is 48.5 Å². The fourth-order valence-electron chi connectivity index (χ4n) is 2.29. The molecule has 0 bridgehead atoms. The van der Waals surface area contributed by atoms with Gasteiger partial charge in [0, 0.05) is 19.8 Å². The normalized spacial score (nSPS) is 12.9. The molecule has 1 amide bonds. The molecule has 9 nitrogen and oxygen atoms in total. The van der Waals surface area contributed by atoms with E-state index < -0.39 is 16.1 Å². The molecule has 0 radical (unpaired) electrons. The van der Waals surface area contributed by atoms with Gasteiger partial charge in [0.2, 0.25) is 16.1 Å². The Labute approximate surface area is 156 Å². The number of benzene rings is 2. The Morgan fingerprint density at radius 2 is 1.89 bits per heavy atom. The Hall–Kier alpha value is -2.98. The topological polar surface area (TPSA) is 106 Å². The van der Waals surface area contributed by atoms with Gasteiger partial charge in [-0.3, -0.25) is 4.79 Å². The van der Waals surface area contributed by atoms with Gasteiger partial charge in [0.05, 0.1) is 4.90 Å². The fraction of sp³-hybridized carbons (Fsp3) is 0.235. The van der Waals surface area contributed by atoms with Crippen molar-refractivity contribution in [3.8, 4) is 0 Å². The molecular formula is C17H19N5O4S. The Balaban J connectivity index is 1.83. The summed E-state index contributed by atoms with van der Waals surface area (Å²) in [4.78, 5) is 19.0. The predicted molar refractivity (Wildman–Crippen MR) is 99.5 cm³/mol. The smallest absolute Gasteiger partial charge is 0.267 e.